The summed E-state index contributed by atoms with van der Waals surface area (Å²) >= 11 is 3.42. The van der Waals surface area contributed by atoms with Crippen LogP contribution in [0.3, 0.4) is 0 Å². The Hall–Kier alpha value is -2.54. The predicted molar refractivity (Wildman–Crippen MR) is 108 cm³/mol. The highest BCUT2D eigenvalue weighted by atomic mass is 79.9. The summed E-state index contributed by atoms with van der Waals surface area (Å²) in [5, 5.41) is 14.9. The molecule has 3 rings (SSSR count). The van der Waals surface area contributed by atoms with Gasteiger partial charge in [-0.15, -0.1) is 5.10 Å². The molecular weight excluding hydrogens is 406 g/mol. The first-order valence-electron chi connectivity index (χ1n) is 8.92. The first kappa shape index (κ1) is 19.2. The lowest BCUT2D eigenvalue weighted by Gasteiger charge is -2.14. The van der Waals surface area contributed by atoms with Gasteiger partial charge >= 0.3 is 0 Å². The fourth-order valence-corrected chi connectivity index (χ4v) is 3.08. The predicted octanol–water partition coefficient (Wildman–Crippen LogP) is 3.93. The molecule has 0 aliphatic carbocycles. The minimum Gasteiger partial charge on any atom is -0.346 e. The standard InChI is InChI=1S/C20H22BrN5O/c1-14-6-8-16(9-7-14)4-3-5-19(27)22-15(2)20-23-24-25-26(20)18-12-10-17(21)11-13-18/h6-13,15H,3-5H2,1-2H3,(H,22,27). The van der Waals surface area contributed by atoms with Crippen molar-refractivity contribution in [2.75, 3.05) is 0 Å². The Bertz CT molecular complexity index is 889. The SMILES string of the molecule is Cc1ccc(CCCC(=O)NC(C)c2nnnn2-c2ccc(Br)cc2)cc1. The molecule has 0 aliphatic rings. The van der Waals surface area contributed by atoms with Gasteiger partial charge in [-0.3, -0.25) is 4.79 Å². The van der Waals surface area contributed by atoms with Crippen LogP contribution in [0.25, 0.3) is 5.69 Å². The zero-order chi connectivity index (χ0) is 19.2. The van der Waals surface area contributed by atoms with E-state index in [0.717, 1.165) is 23.0 Å². The molecule has 1 aromatic heterocycles. The van der Waals surface area contributed by atoms with Gasteiger partial charge in [0.15, 0.2) is 5.82 Å². The van der Waals surface area contributed by atoms with Crippen LogP contribution in [-0.2, 0) is 11.2 Å². The smallest absolute Gasteiger partial charge is 0.220 e. The zero-order valence-corrected chi connectivity index (χ0v) is 17.0. The molecule has 0 aliphatic heterocycles. The van der Waals surface area contributed by atoms with Crippen LogP contribution in [-0.4, -0.2) is 26.1 Å². The first-order valence-corrected chi connectivity index (χ1v) is 9.71. The molecule has 0 saturated heterocycles. The molecule has 0 bridgehead atoms. The number of carbonyl (C=O) groups is 1. The maximum Gasteiger partial charge on any atom is 0.220 e. The van der Waals surface area contributed by atoms with Gasteiger partial charge in [-0.25, -0.2) is 0 Å². The van der Waals surface area contributed by atoms with Crippen molar-refractivity contribution in [2.45, 2.75) is 39.2 Å². The molecule has 1 atom stereocenters. The number of hydrogen-bond donors (Lipinski definition) is 1. The van der Waals surface area contributed by atoms with Crippen molar-refractivity contribution in [3.63, 3.8) is 0 Å². The summed E-state index contributed by atoms with van der Waals surface area (Å²) in [5.74, 6) is 0.601. The quantitative estimate of drug-likeness (QED) is 0.619. The van der Waals surface area contributed by atoms with Gasteiger partial charge < -0.3 is 5.32 Å². The number of aromatic nitrogens is 4. The topological polar surface area (TPSA) is 72.7 Å². The molecule has 1 amide bonds. The summed E-state index contributed by atoms with van der Waals surface area (Å²) in [5.41, 5.74) is 3.34. The lowest BCUT2D eigenvalue weighted by molar-refractivity contribution is -0.121. The summed E-state index contributed by atoms with van der Waals surface area (Å²) in [6, 6.07) is 15.8. The van der Waals surface area contributed by atoms with Crippen LogP contribution < -0.4 is 5.32 Å². The van der Waals surface area contributed by atoms with E-state index in [0.29, 0.717) is 12.2 Å². The number of tetrazole rings is 1. The molecule has 140 valence electrons. The maximum absolute atomic E-state index is 12.3. The number of aryl methyl sites for hydroxylation is 2. The Morgan fingerprint density at radius 3 is 2.56 bits per heavy atom. The fourth-order valence-electron chi connectivity index (χ4n) is 2.82. The third kappa shape index (κ3) is 5.23. The Balaban J connectivity index is 1.55. The highest BCUT2D eigenvalue weighted by molar-refractivity contribution is 9.10. The summed E-state index contributed by atoms with van der Waals surface area (Å²) in [7, 11) is 0. The van der Waals surface area contributed by atoms with Gasteiger partial charge in [-0.1, -0.05) is 45.8 Å². The van der Waals surface area contributed by atoms with Crippen LogP contribution in [0.4, 0.5) is 0 Å². The number of benzene rings is 2. The third-order valence-corrected chi connectivity index (χ3v) is 4.85. The van der Waals surface area contributed by atoms with Crippen molar-refractivity contribution >= 4 is 21.8 Å². The molecule has 1 heterocycles. The number of amides is 1. The van der Waals surface area contributed by atoms with Crippen molar-refractivity contribution in [3.05, 3.63) is 70.0 Å². The molecule has 6 nitrogen and oxygen atoms in total. The maximum atomic E-state index is 12.3. The molecule has 7 heteroatoms. The molecule has 0 saturated carbocycles. The summed E-state index contributed by atoms with van der Waals surface area (Å²) in [6.07, 6.45) is 2.16. The van der Waals surface area contributed by atoms with Crippen molar-refractivity contribution in [1.82, 2.24) is 25.5 Å². The number of halogens is 1. The molecule has 2 aromatic carbocycles. The van der Waals surface area contributed by atoms with Gasteiger partial charge in [-0.05, 0) is 66.9 Å². The Labute approximate surface area is 167 Å². The second-order valence-corrected chi connectivity index (χ2v) is 7.47. The second kappa shape index (κ2) is 8.90. The zero-order valence-electron chi connectivity index (χ0n) is 15.4. The highest BCUT2D eigenvalue weighted by Crippen LogP contribution is 2.17. The number of nitrogens with one attached hydrogen (secondary N) is 1. The minimum atomic E-state index is -0.282. The van der Waals surface area contributed by atoms with E-state index in [1.807, 2.05) is 31.2 Å². The van der Waals surface area contributed by atoms with Crippen molar-refractivity contribution in [2.24, 2.45) is 0 Å². The van der Waals surface area contributed by atoms with Crippen LogP contribution in [0, 0.1) is 6.92 Å². The Morgan fingerprint density at radius 1 is 1.15 bits per heavy atom. The van der Waals surface area contributed by atoms with Crippen molar-refractivity contribution in [3.8, 4) is 5.69 Å². The van der Waals surface area contributed by atoms with Crippen LogP contribution >= 0.6 is 15.9 Å². The molecule has 0 spiro atoms. The number of carbonyl (C=O) groups excluding carboxylic acids is 1. The van der Waals surface area contributed by atoms with E-state index in [9.17, 15) is 4.79 Å². The van der Waals surface area contributed by atoms with Crippen LogP contribution in [0.15, 0.2) is 53.0 Å². The van der Waals surface area contributed by atoms with Crippen molar-refractivity contribution in [1.29, 1.82) is 0 Å². The molecule has 1 unspecified atom stereocenters. The normalized spacial score (nSPS) is 12.0. The molecular formula is C20H22BrN5O. The van der Waals surface area contributed by atoms with Gasteiger partial charge in [-0.2, -0.15) is 4.68 Å². The van der Waals surface area contributed by atoms with E-state index in [1.165, 1.54) is 11.1 Å². The van der Waals surface area contributed by atoms with Gasteiger partial charge in [0.2, 0.25) is 5.91 Å². The molecule has 3 aromatic rings. The lowest BCUT2D eigenvalue weighted by Crippen LogP contribution is -2.28. The minimum absolute atomic E-state index is 0.0000298. The average molecular weight is 428 g/mol. The largest absolute Gasteiger partial charge is 0.346 e. The van der Waals surface area contributed by atoms with Crippen LogP contribution in [0.5, 0.6) is 0 Å². The number of rotatable bonds is 7. The highest BCUT2D eigenvalue weighted by Gasteiger charge is 2.17. The van der Waals surface area contributed by atoms with E-state index in [1.54, 1.807) is 4.68 Å². The van der Waals surface area contributed by atoms with E-state index >= 15 is 0 Å². The number of hydrogen-bond acceptors (Lipinski definition) is 4. The Morgan fingerprint density at radius 2 is 1.85 bits per heavy atom. The van der Waals surface area contributed by atoms with E-state index in [2.05, 4.69) is 68.0 Å². The van der Waals surface area contributed by atoms with E-state index in [4.69, 9.17) is 0 Å². The van der Waals surface area contributed by atoms with Crippen LogP contribution in [0.1, 0.15) is 42.8 Å². The molecule has 1 N–H and O–H groups in total. The summed E-state index contributed by atoms with van der Waals surface area (Å²) in [4.78, 5) is 12.3. The van der Waals surface area contributed by atoms with Gasteiger partial charge in [0.1, 0.15) is 0 Å². The fraction of sp³-hybridized carbons (Fsp3) is 0.300. The Kier molecular flexibility index (Phi) is 6.34. The molecule has 27 heavy (non-hydrogen) atoms. The van der Waals surface area contributed by atoms with Gasteiger partial charge in [0.25, 0.3) is 0 Å². The van der Waals surface area contributed by atoms with Gasteiger partial charge in [0.05, 0.1) is 11.7 Å². The summed E-state index contributed by atoms with van der Waals surface area (Å²) < 4.78 is 2.62. The average Bonchev–Trinajstić information content (AvgIpc) is 3.14. The second-order valence-electron chi connectivity index (χ2n) is 6.55. The first-order chi connectivity index (χ1) is 13.0. The van der Waals surface area contributed by atoms with Crippen LogP contribution in [0.2, 0.25) is 0 Å². The van der Waals surface area contributed by atoms with Crippen molar-refractivity contribution < 1.29 is 4.79 Å². The van der Waals surface area contributed by atoms with E-state index in [-0.39, 0.29) is 11.9 Å². The number of nitrogens with zero attached hydrogens (tertiary/aromatic N) is 4. The molecule has 0 radical (unpaired) electrons. The molecule has 0 fully saturated rings. The summed E-state index contributed by atoms with van der Waals surface area (Å²) in [6.45, 7) is 3.96. The lowest BCUT2D eigenvalue weighted by atomic mass is 10.1. The third-order valence-electron chi connectivity index (χ3n) is 4.32. The van der Waals surface area contributed by atoms with Gasteiger partial charge in [0, 0.05) is 10.9 Å². The monoisotopic (exact) mass is 427 g/mol. The van der Waals surface area contributed by atoms with E-state index < -0.39 is 0 Å².